The zero-order valence-corrected chi connectivity index (χ0v) is 37.7. The molecule has 0 heterocycles. The molecule has 0 aromatic carbocycles. The first kappa shape index (κ1) is 99.3. The summed E-state index contributed by atoms with van der Waals surface area (Å²) in [5.41, 5.74) is 0. The van der Waals surface area contributed by atoms with Crippen molar-refractivity contribution in [2.24, 2.45) is 0 Å². The van der Waals surface area contributed by atoms with Gasteiger partial charge in [-0.25, -0.2) is 0 Å². The molecule has 0 rings (SSSR count). The molecule has 386 valence electrons. The summed E-state index contributed by atoms with van der Waals surface area (Å²) < 4.78 is 0. The predicted octanol–water partition coefficient (Wildman–Crippen LogP) is -17.9. The van der Waals surface area contributed by atoms with Crippen molar-refractivity contribution < 1.29 is 202 Å². The van der Waals surface area contributed by atoms with E-state index >= 15 is 0 Å². The average Bonchev–Trinajstić information content (AvgIpc) is 3.28. The van der Waals surface area contributed by atoms with Gasteiger partial charge >= 0.3 is 0 Å². The quantitative estimate of drug-likeness (QED) is 0.0404. The minimum Gasteiger partial charge on any atom is -0.394 e. The zero-order valence-electron chi connectivity index (χ0n) is 37.7. The van der Waals surface area contributed by atoms with Gasteiger partial charge < -0.3 is 153 Å². The van der Waals surface area contributed by atoms with E-state index in [1.54, 1.807) is 0 Å². The van der Waals surface area contributed by atoms with Gasteiger partial charge in [0.15, 0.2) is 0 Å². The van der Waals surface area contributed by atoms with Crippen molar-refractivity contribution in [3.63, 3.8) is 0 Å². The van der Waals surface area contributed by atoms with E-state index in [1.165, 1.54) is 0 Å². The molecule has 0 saturated carbocycles. The molecule has 0 aromatic rings. The third-order valence-corrected chi connectivity index (χ3v) is 7.56. The molecular formula is C30H70He8O30. The second kappa shape index (κ2) is 57.6. The molecule has 0 unspecified atom stereocenters. The van der Waals surface area contributed by atoms with E-state index in [0.29, 0.717) is 0 Å². The summed E-state index contributed by atoms with van der Waals surface area (Å²) >= 11 is 0. The van der Waals surface area contributed by atoms with Gasteiger partial charge in [0.2, 0.25) is 0 Å². The monoisotopic (exact) mass is 942 g/mol. The molecule has 0 bridgehead atoms. The van der Waals surface area contributed by atoms with Crippen LogP contribution in [0.15, 0.2) is 0 Å². The van der Waals surface area contributed by atoms with Gasteiger partial charge in [0, 0.05) is 49.2 Å². The summed E-state index contributed by atoms with van der Waals surface area (Å²) in [7, 11) is 0. The van der Waals surface area contributed by atoms with Gasteiger partial charge in [-0.05, 0) is 0 Å². The van der Waals surface area contributed by atoms with Crippen molar-refractivity contribution in [1.29, 1.82) is 0 Å². The van der Waals surface area contributed by atoms with Crippen LogP contribution in [-0.2, 0) is 0 Å². The first-order valence-corrected chi connectivity index (χ1v) is 17.4. The van der Waals surface area contributed by atoms with E-state index in [4.69, 9.17) is 153 Å². The number of aliphatic hydroxyl groups is 30. The molecule has 0 amide bonds. The largest absolute Gasteiger partial charge is 0.394 e. The molecule has 0 fully saturated rings. The number of aliphatic hydroxyl groups excluding tert-OH is 30. The Morgan fingerprint density at radius 2 is 0.176 bits per heavy atom. The Bertz CT molecular complexity index is 721. The minimum absolute atomic E-state index is 0. The molecule has 38 heteroatoms. The maximum atomic E-state index is 8.96. The van der Waals surface area contributed by atoms with E-state index < -0.39 is 188 Å². The first-order chi connectivity index (χ1) is 27.7. The summed E-state index contributed by atoms with van der Waals surface area (Å²) in [5, 5.41) is 261. The molecule has 0 saturated heterocycles. The summed E-state index contributed by atoms with van der Waals surface area (Å²) in [5.74, 6) is 0. The van der Waals surface area contributed by atoms with Crippen LogP contribution in [0.2, 0.25) is 0 Å². The van der Waals surface area contributed by atoms with E-state index in [-0.39, 0.29) is 49.2 Å². The van der Waals surface area contributed by atoms with Crippen molar-refractivity contribution in [1.82, 2.24) is 0 Å². The van der Waals surface area contributed by atoms with E-state index in [1.807, 2.05) is 0 Å². The zero-order chi connectivity index (χ0) is 48.6. The molecule has 0 aliphatic heterocycles. The van der Waals surface area contributed by atoms with Crippen LogP contribution < -0.4 is 0 Å². The minimum atomic E-state index is -1.67. The van der Waals surface area contributed by atoms with Gasteiger partial charge in [0.05, 0.1) is 66.1 Å². The van der Waals surface area contributed by atoms with Crippen molar-refractivity contribution in [2.75, 3.05) is 66.1 Å². The van der Waals surface area contributed by atoms with Gasteiger partial charge in [0.1, 0.15) is 122 Å². The third-order valence-electron chi connectivity index (χ3n) is 7.56. The maximum absolute atomic E-state index is 8.96. The van der Waals surface area contributed by atoms with Crippen molar-refractivity contribution in [3.8, 4) is 0 Å². The second-order valence-corrected chi connectivity index (χ2v) is 12.4. The fourth-order valence-corrected chi connectivity index (χ4v) is 3.36. The molecular weight excluding hydrogens is 872 g/mol. The Morgan fingerprint density at radius 3 is 0.206 bits per heavy atom. The predicted molar refractivity (Wildman–Crippen MR) is 191 cm³/mol. The summed E-state index contributed by atoms with van der Waals surface area (Å²) in [6.45, 7) is -7.26. The molecule has 0 aliphatic rings. The Hall–Kier alpha value is -1.93. The van der Waals surface area contributed by atoms with Crippen LogP contribution in [0, 0.1) is 49.2 Å². The van der Waals surface area contributed by atoms with Crippen molar-refractivity contribution >= 4 is 0 Å². The van der Waals surface area contributed by atoms with Crippen LogP contribution in [0.5, 0.6) is 0 Å². The van der Waals surface area contributed by atoms with E-state index in [9.17, 15) is 0 Å². The summed E-state index contributed by atoms with van der Waals surface area (Å²) in [6.07, 6.45) is -32.0. The summed E-state index contributed by atoms with van der Waals surface area (Å²) in [6, 6.07) is 0. The van der Waals surface area contributed by atoms with Crippen LogP contribution >= 0.6 is 0 Å². The number of rotatable bonds is 25. The second-order valence-electron chi connectivity index (χ2n) is 12.4. The van der Waals surface area contributed by atoms with E-state index in [2.05, 4.69) is 0 Å². The number of hydrogen-bond donors (Lipinski definition) is 30. The molecule has 68 heavy (non-hydrogen) atoms. The van der Waals surface area contributed by atoms with Crippen molar-refractivity contribution in [3.05, 3.63) is 0 Å². The van der Waals surface area contributed by atoms with Gasteiger partial charge in [-0.1, -0.05) is 0 Å². The first-order valence-electron chi connectivity index (χ1n) is 17.4. The van der Waals surface area contributed by atoms with Gasteiger partial charge in [0.25, 0.3) is 0 Å². The smallest absolute Gasteiger partial charge is 0.111 e. The van der Waals surface area contributed by atoms with Crippen LogP contribution in [0.4, 0.5) is 0 Å². The SMILES string of the molecule is OC[C@@H](O)[C@@H](O)[C@H](O)[C@H](O)CO.OC[C@@H](O)[C@@H](O)[C@H](O)[C@H](O)CO.OC[C@@H](O)[C@@H](O)[C@H](O)[C@H](O)CO.OC[C@@H](O)[C@@H](O)[C@H](O)[C@H](O)CO.OC[C@@H](O)[C@@H](O)[C@H](O)[C@H](O)CO.[He].[He].[He].[He].[He].[He].[He].[He]. The molecule has 0 spiro atoms. The van der Waals surface area contributed by atoms with E-state index in [0.717, 1.165) is 0 Å². The van der Waals surface area contributed by atoms with Crippen LogP contribution in [0.3, 0.4) is 0 Å². The number of hydrogen-bond acceptors (Lipinski definition) is 30. The summed E-state index contributed by atoms with van der Waals surface area (Å²) in [4.78, 5) is 0. The van der Waals surface area contributed by atoms with Crippen LogP contribution in [-0.4, -0.2) is 341 Å². The Kier molecular flexibility index (Phi) is 84.2. The van der Waals surface area contributed by atoms with Crippen LogP contribution in [0.25, 0.3) is 0 Å². The van der Waals surface area contributed by atoms with Gasteiger partial charge in [-0.3, -0.25) is 0 Å². The Labute approximate surface area is 390 Å². The maximum Gasteiger partial charge on any atom is 0.111 e. The molecule has 30 nitrogen and oxygen atoms in total. The van der Waals surface area contributed by atoms with Gasteiger partial charge in [-0.2, -0.15) is 0 Å². The fourth-order valence-electron chi connectivity index (χ4n) is 3.36. The normalized spacial score (nSPS) is 19.0. The molecule has 0 aromatic heterocycles. The molecule has 30 N–H and O–H groups in total. The van der Waals surface area contributed by atoms with Crippen LogP contribution in [0.1, 0.15) is 0 Å². The average molecular weight is 943 g/mol. The topological polar surface area (TPSA) is 607 Å². The van der Waals surface area contributed by atoms with Gasteiger partial charge in [-0.15, -0.1) is 0 Å². The Morgan fingerprint density at radius 1 is 0.132 bits per heavy atom. The fraction of sp³-hybridized carbons (Fsp3) is 1.00. The van der Waals surface area contributed by atoms with Crippen molar-refractivity contribution in [2.45, 2.75) is 122 Å². The Balaban J connectivity index is -0.0000000491. The standard InChI is InChI=1S/5C6H14O6.8He/c5*7-1-3(9)5(11)6(12)4(10)2-8;;;;;;;;/h5*3-12H,1-2H2;;;;;;;;/t5*3-,4-,5-,6-;;;;;;;;/m11111......../s1. The molecule has 20 atom stereocenters. The molecule has 0 radical (unpaired) electrons. The third kappa shape index (κ3) is 41.8. The molecule has 0 aliphatic carbocycles.